The second-order valence-electron chi connectivity index (χ2n) is 2.82. The van der Waals surface area contributed by atoms with Crippen molar-refractivity contribution in [2.75, 3.05) is 0 Å². The molecule has 1 rings (SSSR count). The van der Waals surface area contributed by atoms with Crippen LogP contribution < -0.4 is 5.73 Å². The first-order valence-corrected chi connectivity index (χ1v) is 4.02. The molecule has 3 heteroatoms. The summed E-state index contributed by atoms with van der Waals surface area (Å²) in [5.41, 5.74) is 8.30. The lowest BCUT2D eigenvalue weighted by atomic mass is 10.1. The van der Waals surface area contributed by atoms with Gasteiger partial charge in [0.15, 0.2) is 5.82 Å². The molecule has 0 saturated carbocycles. The van der Waals surface area contributed by atoms with Crippen LogP contribution in [0, 0.1) is 13.8 Å². The summed E-state index contributed by atoms with van der Waals surface area (Å²) >= 11 is 0. The average molecular weight is 175 g/mol. The van der Waals surface area contributed by atoms with Crippen molar-refractivity contribution in [1.29, 1.82) is 0 Å². The Bertz CT molecular complexity index is 353. The Kier molecular flexibility index (Phi) is 2.80. The Morgan fingerprint density at radius 2 is 2.23 bits per heavy atom. The standard InChI is InChI=1S/C10H13N3/c1-7-6-9(4-5-11)10(12-3)13-8(7)2/h4-6H,3,11H2,1-2H3/b5-4-. The Morgan fingerprint density at radius 1 is 1.54 bits per heavy atom. The Morgan fingerprint density at radius 3 is 2.77 bits per heavy atom. The molecule has 0 spiro atoms. The van der Waals surface area contributed by atoms with Gasteiger partial charge in [0.1, 0.15) is 0 Å². The van der Waals surface area contributed by atoms with Crippen LogP contribution in [0.5, 0.6) is 0 Å². The Labute approximate surface area is 78.0 Å². The molecule has 1 aromatic rings. The fourth-order valence-corrected chi connectivity index (χ4v) is 1.07. The minimum absolute atomic E-state index is 0.629. The van der Waals surface area contributed by atoms with Gasteiger partial charge in [-0.1, -0.05) is 0 Å². The molecule has 68 valence electrons. The number of hydrogen-bond acceptors (Lipinski definition) is 3. The highest BCUT2D eigenvalue weighted by atomic mass is 14.9. The van der Waals surface area contributed by atoms with E-state index in [4.69, 9.17) is 5.73 Å². The molecule has 0 aromatic carbocycles. The largest absolute Gasteiger partial charge is 0.405 e. The minimum atomic E-state index is 0.629. The molecule has 0 atom stereocenters. The molecule has 2 N–H and O–H groups in total. The van der Waals surface area contributed by atoms with Gasteiger partial charge in [0.2, 0.25) is 0 Å². The lowest BCUT2D eigenvalue weighted by Crippen LogP contribution is -1.90. The highest BCUT2D eigenvalue weighted by Crippen LogP contribution is 2.20. The maximum Gasteiger partial charge on any atom is 0.158 e. The summed E-state index contributed by atoms with van der Waals surface area (Å²) in [7, 11) is 0. The SMILES string of the molecule is C=Nc1nc(C)c(C)cc1/C=C\N. The van der Waals surface area contributed by atoms with E-state index in [1.54, 1.807) is 6.08 Å². The summed E-state index contributed by atoms with van der Waals surface area (Å²) in [6.07, 6.45) is 3.24. The van der Waals surface area contributed by atoms with Crippen LogP contribution in [-0.4, -0.2) is 11.7 Å². The summed E-state index contributed by atoms with van der Waals surface area (Å²) < 4.78 is 0. The molecule has 0 aliphatic rings. The van der Waals surface area contributed by atoms with Gasteiger partial charge in [-0.3, -0.25) is 0 Å². The monoisotopic (exact) mass is 175 g/mol. The molecule has 0 amide bonds. The molecule has 3 nitrogen and oxygen atoms in total. The molecule has 0 radical (unpaired) electrons. The van der Waals surface area contributed by atoms with E-state index in [0.717, 1.165) is 16.8 Å². The van der Waals surface area contributed by atoms with Crippen LogP contribution in [0.2, 0.25) is 0 Å². The highest BCUT2D eigenvalue weighted by Gasteiger charge is 2.02. The Hall–Kier alpha value is -1.64. The van der Waals surface area contributed by atoms with Gasteiger partial charge in [-0.2, -0.15) is 0 Å². The van der Waals surface area contributed by atoms with E-state index in [-0.39, 0.29) is 0 Å². The molecule has 0 aliphatic carbocycles. The predicted molar refractivity (Wildman–Crippen MR) is 56.1 cm³/mol. The topological polar surface area (TPSA) is 51.3 Å². The summed E-state index contributed by atoms with van der Waals surface area (Å²) in [6, 6.07) is 2.00. The molecule has 0 fully saturated rings. The number of pyridine rings is 1. The zero-order chi connectivity index (χ0) is 9.84. The minimum Gasteiger partial charge on any atom is -0.405 e. The van der Waals surface area contributed by atoms with Crippen LogP contribution >= 0.6 is 0 Å². The number of nitrogens with two attached hydrogens (primary N) is 1. The van der Waals surface area contributed by atoms with Crippen LogP contribution in [-0.2, 0) is 0 Å². The van der Waals surface area contributed by atoms with Crippen molar-refractivity contribution in [3.63, 3.8) is 0 Å². The molecule has 0 aliphatic heterocycles. The van der Waals surface area contributed by atoms with Gasteiger partial charge in [0.05, 0.1) is 0 Å². The first-order chi connectivity index (χ1) is 6.19. The lowest BCUT2D eigenvalue weighted by molar-refractivity contribution is 1.13. The van der Waals surface area contributed by atoms with Crippen molar-refractivity contribution in [1.82, 2.24) is 4.98 Å². The predicted octanol–water partition coefficient (Wildman–Crippen LogP) is 1.96. The third kappa shape index (κ3) is 1.93. The van der Waals surface area contributed by atoms with E-state index in [9.17, 15) is 0 Å². The highest BCUT2D eigenvalue weighted by molar-refractivity contribution is 5.63. The summed E-state index contributed by atoms with van der Waals surface area (Å²) in [6.45, 7) is 7.40. The van der Waals surface area contributed by atoms with Crippen molar-refractivity contribution in [3.8, 4) is 0 Å². The number of aromatic nitrogens is 1. The van der Waals surface area contributed by atoms with Gasteiger partial charge in [0.25, 0.3) is 0 Å². The second-order valence-corrected chi connectivity index (χ2v) is 2.82. The van der Waals surface area contributed by atoms with Crippen molar-refractivity contribution >= 4 is 18.6 Å². The summed E-state index contributed by atoms with van der Waals surface area (Å²) in [4.78, 5) is 8.10. The summed E-state index contributed by atoms with van der Waals surface area (Å²) in [5.74, 6) is 0.629. The first kappa shape index (κ1) is 9.45. The van der Waals surface area contributed by atoms with Crippen molar-refractivity contribution in [2.45, 2.75) is 13.8 Å². The van der Waals surface area contributed by atoms with Gasteiger partial charge in [0, 0.05) is 11.3 Å². The van der Waals surface area contributed by atoms with E-state index >= 15 is 0 Å². The maximum absolute atomic E-state index is 5.30. The molecule has 1 heterocycles. The van der Waals surface area contributed by atoms with Crippen LogP contribution in [0.1, 0.15) is 16.8 Å². The lowest BCUT2D eigenvalue weighted by Gasteiger charge is -2.04. The normalized spacial score (nSPS) is 10.6. The number of rotatable bonds is 2. The third-order valence-corrected chi connectivity index (χ3v) is 1.90. The quantitative estimate of drug-likeness (QED) is 0.698. The number of hydrogen-bond donors (Lipinski definition) is 1. The van der Waals surface area contributed by atoms with Crippen LogP contribution in [0.15, 0.2) is 17.3 Å². The first-order valence-electron chi connectivity index (χ1n) is 4.02. The van der Waals surface area contributed by atoms with E-state index in [1.165, 1.54) is 6.20 Å². The van der Waals surface area contributed by atoms with Crippen LogP contribution in [0.3, 0.4) is 0 Å². The number of aryl methyl sites for hydroxylation is 2. The average Bonchev–Trinajstić information content (AvgIpc) is 2.11. The zero-order valence-electron chi connectivity index (χ0n) is 7.91. The molecule has 0 unspecified atom stereocenters. The molecule has 13 heavy (non-hydrogen) atoms. The van der Waals surface area contributed by atoms with E-state index in [1.807, 2.05) is 19.9 Å². The maximum atomic E-state index is 5.30. The number of aliphatic imine (C=N–C) groups is 1. The Balaban J connectivity index is 3.32. The van der Waals surface area contributed by atoms with Gasteiger partial charge in [-0.15, -0.1) is 0 Å². The smallest absolute Gasteiger partial charge is 0.158 e. The fraction of sp³-hybridized carbons (Fsp3) is 0.200. The van der Waals surface area contributed by atoms with Crippen molar-refractivity contribution in [3.05, 3.63) is 29.1 Å². The van der Waals surface area contributed by atoms with Gasteiger partial charge in [-0.05, 0) is 44.5 Å². The fourth-order valence-electron chi connectivity index (χ4n) is 1.07. The van der Waals surface area contributed by atoms with Crippen LogP contribution in [0.4, 0.5) is 5.82 Å². The van der Waals surface area contributed by atoms with Gasteiger partial charge in [-0.25, -0.2) is 9.98 Å². The second kappa shape index (κ2) is 3.85. The van der Waals surface area contributed by atoms with Crippen molar-refractivity contribution < 1.29 is 0 Å². The van der Waals surface area contributed by atoms with Gasteiger partial charge < -0.3 is 5.73 Å². The summed E-state index contributed by atoms with van der Waals surface area (Å²) in [5, 5.41) is 0. The van der Waals surface area contributed by atoms with E-state index < -0.39 is 0 Å². The number of nitrogens with zero attached hydrogens (tertiary/aromatic N) is 2. The van der Waals surface area contributed by atoms with Crippen LogP contribution in [0.25, 0.3) is 6.08 Å². The molecular formula is C10H13N3. The van der Waals surface area contributed by atoms with E-state index in [2.05, 4.69) is 16.7 Å². The van der Waals surface area contributed by atoms with E-state index in [0.29, 0.717) is 5.82 Å². The molecule has 0 saturated heterocycles. The zero-order valence-corrected chi connectivity index (χ0v) is 7.91. The van der Waals surface area contributed by atoms with Crippen molar-refractivity contribution in [2.24, 2.45) is 10.7 Å². The van der Waals surface area contributed by atoms with Gasteiger partial charge >= 0.3 is 0 Å². The third-order valence-electron chi connectivity index (χ3n) is 1.90. The molecule has 0 bridgehead atoms. The molecule has 1 aromatic heterocycles. The molecular weight excluding hydrogens is 162 g/mol.